The first-order valence-corrected chi connectivity index (χ1v) is 10.7. The number of rotatable bonds is 5. The molecule has 134 valence electrons. The third-order valence-corrected chi connectivity index (χ3v) is 5.99. The number of sulfone groups is 1. The molecule has 0 aliphatic carbocycles. The van der Waals surface area contributed by atoms with Crippen LogP contribution in [0, 0.1) is 5.92 Å². The number of anilines is 1. The van der Waals surface area contributed by atoms with Crippen molar-refractivity contribution in [3.8, 4) is 0 Å². The average Bonchev–Trinajstić information content (AvgIpc) is 2.60. The monoisotopic (exact) mass is 353 g/mol. The van der Waals surface area contributed by atoms with E-state index in [0.717, 1.165) is 58.4 Å². The number of piperidine rings is 2. The number of nitrogens with one attached hydrogen (secondary N) is 3. The van der Waals surface area contributed by atoms with Crippen LogP contribution in [-0.4, -0.2) is 57.4 Å². The molecule has 7 nitrogen and oxygen atoms in total. The minimum atomic E-state index is -3.32. The quantitative estimate of drug-likeness (QED) is 0.719. The molecule has 0 spiro atoms. The lowest BCUT2D eigenvalue weighted by Gasteiger charge is -2.25. The number of aromatic nitrogens is 2. The van der Waals surface area contributed by atoms with Crippen LogP contribution in [0.25, 0.3) is 0 Å². The summed E-state index contributed by atoms with van der Waals surface area (Å²) in [6.07, 6.45) is 6.99. The zero-order chi connectivity index (χ0) is 17.0. The zero-order valence-corrected chi connectivity index (χ0v) is 15.0. The van der Waals surface area contributed by atoms with E-state index in [1.807, 2.05) is 0 Å². The lowest BCUT2D eigenvalue weighted by Crippen LogP contribution is -2.32. The van der Waals surface area contributed by atoms with E-state index in [-0.39, 0.29) is 10.8 Å². The third kappa shape index (κ3) is 4.43. The Bertz CT molecular complexity index is 652. The van der Waals surface area contributed by atoms with Crippen LogP contribution in [0.3, 0.4) is 0 Å². The fourth-order valence-corrected chi connectivity index (χ4v) is 4.29. The number of hydrogen-bond acceptors (Lipinski definition) is 7. The lowest BCUT2D eigenvalue weighted by molar-refractivity contribution is 0.389. The fraction of sp³-hybridized carbons (Fsp3) is 0.750. The first-order chi connectivity index (χ1) is 11.5. The Morgan fingerprint density at radius 3 is 2.67 bits per heavy atom. The Hall–Kier alpha value is -1.25. The van der Waals surface area contributed by atoms with Crippen LogP contribution in [-0.2, 0) is 9.84 Å². The van der Waals surface area contributed by atoms with Crippen molar-refractivity contribution in [3.63, 3.8) is 0 Å². The van der Waals surface area contributed by atoms with E-state index >= 15 is 0 Å². The van der Waals surface area contributed by atoms with Crippen LogP contribution in [0.1, 0.15) is 37.3 Å². The average molecular weight is 353 g/mol. The summed E-state index contributed by atoms with van der Waals surface area (Å²) >= 11 is 0. The van der Waals surface area contributed by atoms with Crippen LogP contribution in [0.15, 0.2) is 11.1 Å². The first-order valence-electron chi connectivity index (χ1n) is 8.76. The maximum Gasteiger partial charge on any atom is 0.222 e. The normalized spacial score (nSPS) is 23.1. The van der Waals surface area contributed by atoms with Crippen molar-refractivity contribution in [1.29, 1.82) is 0 Å². The van der Waals surface area contributed by atoms with E-state index in [1.165, 1.54) is 12.5 Å². The molecule has 3 rings (SSSR count). The summed E-state index contributed by atoms with van der Waals surface area (Å²) in [7, 11) is -3.32. The molecule has 2 aliphatic heterocycles. The van der Waals surface area contributed by atoms with Gasteiger partial charge in [-0.05, 0) is 51.2 Å². The molecule has 0 aromatic carbocycles. The smallest absolute Gasteiger partial charge is 0.222 e. The molecule has 3 heterocycles. The van der Waals surface area contributed by atoms with Crippen molar-refractivity contribution in [2.75, 3.05) is 44.3 Å². The molecule has 8 heteroatoms. The van der Waals surface area contributed by atoms with Gasteiger partial charge in [-0.25, -0.2) is 18.4 Å². The van der Waals surface area contributed by atoms with E-state index in [9.17, 15) is 8.42 Å². The molecule has 3 N–H and O–H groups in total. The van der Waals surface area contributed by atoms with Crippen molar-refractivity contribution in [1.82, 2.24) is 20.6 Å². The van der Waals surface area contributed by atoms with Crippen LogP contribution in [0.4, 0.5) is 5.95 Å². The van der Waals surface area contributed by atoms with Crippen molar-refractivity contribution < 1.29 is 8.42 Å². The highest BCUT2D eigenvalue weighted by Crippen LogP contribution is 2.28. The predicted octanol–water partition coefficient (Wildman–Crippen LogP) is 0.759. The topological polar surface area (TPSA) is 96.0 Å². The zero-order valence-electron chi connectivity index (χ0n) is 14.2. The van der Waals surface area contributed by atoms with E-state index in [4.69, 9.17) is 0 Å². The summed E-state index contributed by atoms with van der Waals surface area (Å²) in [5.74, 6) is 1.29. The summed E-state index contributed by atoms with van der Waals surface area (Å²) < 4.78 is 24.2. The van der Waals surface area contributed by atoms with Gasteiger partial charge in [0.1, 0.15) is 4.90 Å². The van der Waals surface area contributed by atoms with Crippen LogP contribution < -0.4 is 16.0 Å². The minimum absolute atomic E-state index is 0.130. The molecule has 1 atom stereocenters. The Kier molecular flexibility index (Phi) is 5.68. The number of hydrogen-bond donors (Lipinski definition) is 3. The molecule has 0 saturated carbocycles. The molecule has 24 heavy (non-hydrogen) atoms. The highest BCUT2D eigenvalue weighted by molar-refractivity contribution is 7.90. The highest BCUT2D eigenvalue weighted by Gasteiger charge is 2.25. The molecular weight excluding hydrogens is 326 g/mol. The van der Waals surface area contributed by atoms with Gasteiger partial charge in [-0.3, -0.25) is 0 Å². The van der Waals surface area contributed by atoms with Gasteiger partial charge in [0.2, 0.25) is 5.95 Å². The fourth-order valence-electron chi connectivity index (χ4n) is 3.45. The first kappa shape index (κ1) is 17.6. The molecule has 0 bridgehead atoms. The SMILES string of the molecule is CS(=O)(=O)c1cnc(NCC2CCNCC2)nc1[C@H]1CCCNC1. The third-order valence-electron chi connectivity index (χ3n) is 4.87. The predicted molar refractivity (Wildman–Crippen MR) is 94.1 cm³/mol. The van der Waals surface area contributed by atoms with Gasteiger partial charge in [-0.2, -0.15) is 0 Å². The molecule has 0 amide bonds. The van der Waals surface area contributed by atoms with E-state index in [0.29, 0.717) is 17.6 Å². The Morgan fingerprint density at radius 2 is 2.00 bits per heavy atom. The summed E-state index contributed by atoms with van der Waals surface area (Å²) in [6, 6.07) is 0. The standard InChI is InChI=1S/C16H27N5O2S/c1-24(22,23)14-11-20-16(19-9-12-4-7-17-8-5-12)21-15(14)13-3-2-6-18-10-13/h11-13,17-18H,2-10H2,1H3,(H,19,20,21)/t13-/m0/s1. The van der Waals surface area contributed by atoms with E-state index < -0.39 is 9.84 Å². The summed E-state index contributed by atoms with van der Waals surface area (Å²) in [4.78, 5) is 9.11. The van der Waals surface area contributed by atoms with Gasteiger partial charge in [0.05, 0.1) is 11.9 Å². The van der Waals surface area contributed by atoms with Crippen LogP contribution >= 0.6 is 0 Å². The highest BCUT2D eigenvalue weighted by atomic mass is 32.2. The van der Waals surface area contributed by atoms with Crippen molar-refractivity contribution in [2.24, 2.45) is 5.92 Å². The minimum Gasteiger partial charge on any atom is -0.354 e. The second kappa shape index (κ2) is 7.76. The summed E-state index contributed by atoms with van der Waals surface area (Å²) in [5, 5.41) is 10.00. The Labute approximate surface area is 144 Å². The number of nitrogens with zero attached hydrogens (tertiary/aromatic N) is 2. The van der Waals surface area contributed by atoms with Crippen molar-refractivity contribution in [3.05, 3.63) is 11.9 Å². The van der Waals surface area contributed by atoms with Crippen LogP contribution in [0.2, 0.25) is 0 Å². The van der Waals surface area contributed by atoms with Gasteiger partial charge in [-0.1, -0.05) is 0 Å². The Morgan fingerprint density at radius 1 is 1.21 bits per heavy atom. The molecule has 0 unspecified atom stereocenters. The lowest BCUT2D eigenvalue weighted by atomic mass is 9.96. The summed E-state index contributed by atoms with van der Waals surface area (Å²) in [5.41, 5.74) is 0.660. The molecule has 1 aromatic rings. The van der Waals surface area contributed by atoms with E-state index in [1.54, 1.807) is 0 Å². The van der Waals surface area contributed by atoms with Gasteiger partial charge >= 0.3 is 0 Å². The van der Waals surface area contributed by atoms with Gasteiger partial charge < -0.3 is 16.0 Å². The Balaban J connectivity index is 1.77. The maximum absolute atomic E-state index is 12.1. The molecule has 1 aromatic heterocycles. The summed E-state index contributed by atoms with van der Waals surface area (Å²) in [6.45, 7) is 4.70. The maximum atomic E-state index is 12.1. The second-order valence-corrected chi connectivity index (χ2v) is 8.82. The van der Waals surface area contributed by atoms with E-state index in [2.05, 4.69) is 25.9 Å². The molecule has 0 radical (unpaired) electrons. The van der Waals surface area contributed by atoms with Gasteiger partial charge in [0.25, 0.3) is 0 Å². The molecule has 2 aliphatic rings. The van der Waals surface area contributed by atoms with Crippen molar-refractivity contribution in [2.45, 2.75) is 36.5 Å². The van der Waals surface area contributed by atoms with Gasteiger partial charge in [-0.15, -0.1) is 0 Å². The van der Waals surface area contributed by atoms with Crippen LogP contribution in [0.5, 0.6) is 0 Å². The second-order valence-electron chi connectivity index (χ2n) is 6.83. The van der Waals surface area contributed by atoms with Gasteiger partial charge in [0, 0.05) is 25.3 Å². The van der Waals surface area contributed by atoms with Gasteiger partial charge in [0.15, 0.2) is 9.84 Å². The van der Waals surface area contributed by atoms with Crippen molar-refractivity contribution >= 4 is 15.8 Å². The molecular formula is C16H27N5O2S. The molecule has 2 fully saturated rings. The molecule has 2 saturated heterocycles. The largest absolute Gasteiger partial charge is 0.354 e.